The smallest absolute Gasteiger partial charge is 0.145 e. The van der Waals surface area contributed by atoms with E-state index in [1.165, 1.54) is 6.07 Å². The van der Waals surface area contributed by atoms with Crippen LogP contribution in [0.3, 0.4) is 0 Å². The Morgan fingerprint density at radius 2 is 2.12 bits per heavy atom. The molecule has 0 unspecified atom stereocenters. The molecule has 0 saturated heterocycles. The summed E-state index contributed by atoms with van der Waals surface area (Å²) >= 11 is 0. The van der Waals surface area contributed by atoms with Gasteiger partial charge in [-0.3, -0.25) is 4.90 Å². The predicted octanol–water partition coefficient (Wildman–Crippen LogP) is 2.93. The van der Waals surface area contributed by atoms with Crippen molar-refractivity contribution in [1.82, 2.24) is 4.90 Å². The number of hydrogen-bond donors (Lipinski definition) is 0. The zero-order valence-electron chi connectivity index (χ0n) is 10.00. The molecular weight excluding hydrogens is 203 g/mol. The van der Waals surface area contributed by atoms with Gasteiger partial charge in [0.1, 0.15) is 11.9 Å². The summed E-state index contributed by atoms with van der Waals surface area (Å²) in [4.78, 5) is 2.15. The number of nitrogens with zero attached hydrogens (tertiary/aromatic N) is 2. The maximum absolute atomic E-state index is 13.8. The monoisotopic (exact) mass is 220 g/mol. The number of halogens is 1. The Morgan fingerprint density at radius 3 is 2.62 bits per heavy atom. The molecule has 0 radical (unpaired) electrons. The van der Waals surface area contributed by atoms with E-state index in [0.29, 0.717) is 18.2 Å². The number of hydrogen-bond acceptors (Lipinski definition) is 2. The van der Waals surface area contributed by atoms with Crippen LogP contribution in [0.1, 0.15) is 31.9 Å². The van der Waals surface area contributed by atoms with E-state index < -0.39 is 0 Å². The Balaban J connectivity index is 2.93. The van der Waals surface area contributed by atoms with Crippen molar-refractivity contribution in [2.24, 2.45) is 0 Å². The number of rotatable bonds is 4. The van der Waals surface area contributed by atoms with E-state index in [0.717, 1.165) is 6.54 Å². The van der Waals surface area contributed by atoms with Crippen LogP contribution < -0.4 is 0 Å². The van der Waals surface area contributed by atoms with Gasteiger partial charge in [-0.05, 0) is 26.5 Å². The Bertz CT molecular complexity index is 393. The third-order valence-electron chi connectivity index (χ3n) is 2.71. The molecule has 0 amide bonds. The molecule has 0 aliphatic carbocycles. The second kappa shape index (κ2) is 5.62. The van der Waals surface area contributed by atoms with Crippen molar-refractivity contribution in [2.45, 2.75) is 33.4 Å². The fraction of sp³-hybridized carbons (Fsp3) is 0.462. The Hall–Kier alpha value is -1.40. The molecular formula is C13H17FN2. The number of benzene rings is 1. The van der Waals surface area contributed by atoms with Gasteiger partial charge in [0, 0.05) is 18.2 Å². The average molecular weight is 220 g/mol. The van der Waals surface area contributed by atoms with Crippen LogP contribution in [0.25, 0.3) is 0 Å². The largest absolute Gasteiger partial charge is 0.297 e. The maximum atomic E-state index is 13.8. The fourth-order valence-corrected chi connectivity index (χ4v) is 1.67. The van der Waals surface area contributed by atoms with E-state index in [1.807, 2.05) is 13.0 Å². The highest BCUT2D eigenvalue weighted by Gasteiger charge is 2.12. The molecule has 0 aliphatic heterocycles. The minimum absolute atomic E-state index is 0.123. The summed E-state index contributed by atoms with van der Waals surface area (Å²) in [5.41, 5.74) is 0.715. The first-order chi connectivity index (χ1) is 7.60. The summed E-state index contributed by atoms with van der Waals surface area (Å²) in [5.74, 6) is -0.385. The molecule has 0 aromatic heterocycles. The second-order valence-corrected chi connectivity index (χ2v) is 4.05. The van der Waals surface area contributed by atoms with E-state index in [1.54, 1.807) is 12.1 Å². The minimum Gasteiger partial charge on any atom is -0.297 e. The standard InChI is InChI=1S/C13H17FN2/c1-4-16(10(2)3)9-12-7-5-6-11(8-15)13(12)14/h5-7,10H,4,9H2,1-3H3. The van der Waals surface area contributed by atoms with Crippen LogP contribution in [-0.4, -0.2) is 17.5 Å². The Labute approximate surface area is 96.3 Å². The summed E-state index contributed by atoms with van der Waals surface area (Å²) in [5, 5.41) is 8.74. The van der Waals surface area contributed by atoms with E-state index in [9.17, 15) is 4.39 Å². The van der Waals surface area contributed by atoms with E-state index in [2.05, 4.69) is 18.7 Å². The zero-order chi connectivity index (χ0) is 12.1. The van der Waals surface area contributed by atoms with Gasteiger partial charge in [0.2, 0.25) is 0 Å². The van der Waals surface area contributed by atoms with Crippen molar-refractivity contribution in [3.8, 4) is 6.07 Å². The van der Waals surface area contributed by atoms with Gasteiger partial charge in [0.15, 0.2) is 0 Å². The summed E-state index contributed by atoms with van der Waals surface area (Å²) in [6.07, 6.45) is 0. The highest BCUT2D eigenvalue weighted by atomic mass is 19.1. The topological polar surface area (TPSA) is 27.0 Å². The summed E-state index contributed by atoms with van der Waals surface area (Å²) < 4.78 is 13.8. The molecule has 86 valence electrons. The lowest BCUT2D eigenvalue weighted by Crippen LogP contribution is -2.30. The highest BCUT2D eigenvalue weighted by Crippen LogP contribution is 2.15. The van der Waals surface area contributed by atoms with Gasteiger partial charge in [-0.1, -0.05) is 19.1 Å². The van der Waals surface area contributed by atoms with Crippen molar-refractivity contribution in [3.05, 3.63) is 35.1 Å². The molecule has 16 heavy (non-hydrogen) atoms. The first kappa shape index (κ1) is 12.7. The van der Waals surface area contributed by atoms with E-state index in [-0.39, 0.29) is 11.4 Å². The number of nitriles is 1. The zero-order valence-corrected chi connectivity index (χ0v) is 10.00. The molecule has 3 heteroatoms. The normalized spacial score (nSPS) is 10.8. The Kier molecular flexibility index (Phi) is 4.45. The quantitative estimate of drug-likeness (QED) is 0.780. The lowest BCUT2D eigenvalue weighted by Gasteiger charge is -2.25. The summed E-state index contributed by atoms with van der Waals surface area (Å²) in [7, 11) is 0. The van der Waals surface area contributed by atoms with Crippen molar-refractivity contribution in [1.29, 1.82) is 5.26 Å². The fourth-order valence-electron chi connectivity index (χ4n) is 1.67. The summed E-state index contributed by atoms with van der Waals surface area (Å²) in [6.45, 7) is 7.63. The molecule has 1 aromatic carbocycles. The predicted molar refractivity (Wildman–Crippen MR) is 62.3 cm³/mol. The van der Waals surface area contributed by atoms with Crippen LogP contribution in [0.4, 0.5) is 4.39 Å². The molecule has 0 saturated carbocycles. The summed E-state index contributed by atoms with van der Waals surface area (Å²) in [6, 6.07) is 7.20. The van der Waals surface area contributed by atoms with Gasteiger partial charge in [-0.25, -0.2) is 4.39 Å². The molecule has 1 aromatic rings. The lowest BCUT2D eigenvalue weighted by molar-refractivity contribution is 0.222. The average Bonchev–Trinajstić information content (AvgIpc) is 2.27. The first-order valence-corrected chi connectivity index (χ1v) is 5.51. The van der Waals surface area contributed by atoms with Gasteiger partial charge in [0.25, 0.3) is 0 Å². The first-order valence-electron chi connectivity index (χ1n) is 5.51. The maximum Gasteiger partial charge on any atom is 0.145 e. The molecule has 0 heterocycles. The third-order valence-corrected chi connectivity index (χ3v) is 2.71. The SMILES string of the molecule is CCN(Cc1cccc(C#N)c1F)C(C)C. The molecule has 0 fully saturated rings. The van der Waals surface area contributed by atoms with Crippen LogP contribution >= 0.6 is 0 Å². The highest BCUT2D eigenvalue weighted by molar-refractivity contribution is 5.34. The van der Waals surface area contributed by atoms with Gasteiger partial charge in [0.05, 0.1) is 5.56 Å². The molecule has 0 bridgehead atoms. The van der Waals surface area contributed by atoms with E-state index >= 15 is 0 Å². The van der Waals surface area contributed by atoms with Crippen molar-refractivity contribution in [2.75, 3.05) is 6.54 Å². The van der Waals surface area contributed by atoms with Crippen molar-refractivity contribution >= 4 is 0 Å². The van der Waals surface area contributed by atoms with E-state index in [4.69, 9.17) is 5.26 Å². The van der Waals surface area contributed by atoms with Gasteiger partial charge in [-0.15, -0.1) is 0 Å². The third kappa shape index (κ3) is 2.80. The van der Waals surface area contributed by atoms with Gasteiger partial charge >= 0.3 is 0 Å². The molecule has 1 rings (SSSR count). The second-order valence-electron chi connectivity index (χ2n) is 4.05. The van der Waals surface area contributed by atoms with Crippen LogP contribution in [0.2, 0.25) is 0 Å². The molecule has 0 atom stereocenters. The van der Waals surface area contributed by atoms with Gasteiger partial charge < -0.3 is 0 Å². The Morgan fingerprint density at radius 1 is 1.44 bits per heavy atom. The minimum atomic E-state index is -0.385. The van der Waals surface area contributed by atoms with Crippen LogP contribution in [0.15, 0.2) is 18.2 Å². The van der Waals surface area contributed by atoms with Crippen LogP contribution in [-0.2, 0) is 6.54 Å². The van der Waals surface area contributed by atoms with Crippen molar-refractivity contribution < 1.29 is 4.39 Å². The van der Waals surface area contributed by atoms with Crippen LogP contribution in [0.5, 0.6) is 0 Å². The van der Waals surface area contributed by atoms with Gasteiger partial charge in [-0.2, -0.15) is 5.26 Å². The molecule has 0 aliphatic rings. The lowest BCUT2D eigenvalue weighted by atomic mass is 10.1. The molecule has 0 spiro atoms. The molecule has 0 N–H and O–H groups in total. The van der Waals surface area contributed by atoms with Crippen LogP contribution in [0, 0.1) is 17.1 Å². The van der Waals surface area contributed by atoms with Crippen molar-refractivity contribution in [3.63, 3.8) is 0 Å². The molecule has 2 nitrogen and oxygen atoms in total.